The van der Waals surface area contributed by atoms with Crippen molar-refractivity contribution >= 4 is 29.1 Å². The molecule has 2 aromatic carbocycles. The lowest BCUT2D eigenvalue weighted by atomic mass is 10.2. The van der Waals surface area contributed by atoms with Crippen LogP contribution in [0.15, 0.2) is 48.5 Å². The summed E-state index contributed by atoms with van der Waals surface area (Å²) in [5, 5.41) is 4.48. The highest BCUT2D eigenvalue weighted by molar-refractivity contribution is 6.43. The number of carbonyl (C=O) groups is 3. The summed E-state index contributed by atoms with van der Waals surface area (Å²) in [6, 6.07) is 11.2. The Morgan fingerprint density at radius 1 is 0.864 bits per heavy atom. The van der Waals surface area contributed by atoms with E-state index in [-0.39, 0.29) is 11.3 Å². The molecule has 0 radical (unpaired) electrons. The number of carbonyl (C=O) groups excluding carboxylic acids is 3. The van der Waals surface area contributed by atoms with Gasteiger partial charge in [-0.05, 0) is 36.4 Å². The largest absolute Gasteiger partial charge is 0.366 e. The van der Waals surface area contributed by atoms with E-state index in [0.29, 0.717) is 5.69 Å². The Morgan fingerprint density at radius 3 is 2.05 bits per heavy atom. The van der Waals surface area contributed by atoms with E-state index in [0.717, 1.165) is 6.07 Å². The molecule has 2 rings (SSSR count). The second-order valence-electron chi connectivity index (χ2n) is 4.33. The number of rotatable bonds is 3. The molecule has 4 N–H and O–H groups in total. The zero-order valence-corrected chi connectivity index (χ0v) is 11.3. The fourth-order valence-electron chi connectivity index (χ4n) is 1.65. The molecule has 3 amide bonds. The number of nitrogens with one attached hydrogen (secondary N) is 2. The Labute approximate surface area is 125 Å². The molecule has 0 spiro atoms. The second-order valence-corrected chi connectivity index (χ2v) is 4.33. The van der Waals surface area contributed by atoms with Gasteiger partial charge in [0.1, 0.15) is 5.82 Å². The van der Waals surface area contributed by atoms with Gasteiger partial charge in [0.25, 0.3) is 0 Å². The van der Waals surface area contributed by atoms with E-state index in [1.807, 2.05) is 0 Å². The molecular formula is C15H12FN3O3. The summed E-state index contributed by atoms with van der Waals surface area (Å²) in [5.74, 6) is -3.22. The summed E-state index contributed by atoms with van der Waals surface area (Å²) >= 11 is 0. The molecule has 7 heteroatoms. The number of nitrogens with two attached hydrogens (primary N) is 1. The second kappa shape index (κ2) is 6.49. The first-order chi connectivity index (χ1) is 10.5. The Hall–Kier alpha value is -3.22. The maximum absolute atomic E-state index is 13.4. The number of anilines is 2. The van der Waals surface area contributed by atoms with Crippen LogP contribution in [0.25, 0.3) is 0 Å². The van der Waals surface area contributed by atoms with Crippen LogP contribution in [0.3, 0.4) is 0 Å². The molecule has 0 bridgehead atoms. The average Bonchev–Trinajstić information content (AvgIpc) is 2.50. The van der Waals surface area contributed by atoms with Crippen LogP contribution >= 0.6 is 0 Å². The van der Waals surface area contributed by atoms with Crippen molar-refractivity contribution < 1.29 is 18.8 Å². The van der Waals surface area contributed by atoms with Gasteiger partial charge in [-0.3, -0.25) is 14.4 Å². The third-order valence-corrected chi connectivity index (χ3v) is 2.76. The Bertz CT molecular complexity index is 729. The van der Waals surface area contributed by atoms with Gasteiger partial charge in [0, 0.05) is 11.3 Å². The van der Waals surface area contributed by atoms with Crippen molar-refractivity contribution in [3.8, 4) is 0 Å². The minimum Gasteiger partial charge on any atom is -0.366 e. The summed E-state index contributed by atoms with van der Waals surface area (Å²) in [4.78, 5) is 34.3. The third kappa shape index (κ3) is 3.66. The summed E-state index contributed by atoms with van der Waals surface area (Å²) < 4.78 is 13.4. The van der Waals surface area contributed by atoms with Crippen LogP contribution in [-0.2, 0) is 9.59 Å². The molecule has 2 aromatic rings. The zero-order valence-electron chi connectivity index (χ0n) is 11.3. The van der Waals surface area contributed by atoms with E-state index in [1.54, 1.807) is 0 Å². The number of halogens is 1. The molecule has 0 saturated heterocycles. The van der Waals surface area contributed by atoms with Gasteiger partial charge in [0.05, 0.1) is 5.69 Å². The van der Waals surface area contributed by atoms with Gasteiger partial charge < -0.3 is 16.4 Å². The Morgan fingerprint density at radius 2 is 1.45 bits per heavy atom. The number of benzene rings is 2. The zero-order chi connectivity index (χ0) is 16.1. The van der Waals surface area contributed by atoms with Crippen LogP contribution in [0.4, 0.5) is 15.8 Å². The van der Waals surface area contributed by atoms with Gasteiger partial charge in [-0.2, -0.15) is 0 Å². The van der Waals surface area contributed by atoms with Crippen molar-refractivity contribution in [2.45, 2.75) is 0 Å². The lowest BCUT2D eigenvalue weighted by molar-refractivity contribution is -0.133. The molecule has 0 saturated carbocycles. The highest BCUT2D eigenvalue weighted by Crippen LogP contribution is 2.13. The van der Waals surface area contributed by atoms with Gasteiger partial charge in [-0.1, -0.05) is 12.1 Å². The number of hydrogen-bond acceptors (Lipinski definition) is 3. The first-order valence-corrected chi connectivity index (χ1v) is 6.24. The van der Waals surface area contributed by atoms with Gasteiger partial charge in [-0.25, -0.2) is 4.39 Å². The molecule has 0 heterocycles. The van der Waals surface area contributed by atoms with E-state index in [9.17, 15) is 18.8 Å². The van der Waals surface area contributed by atoms with E-state index >= 15 is 0 Å². The highest BCUT2D eigenvalue weighted by Gasteiger charge is 2.15. The van der Waals surface area contributed by atoms with Crippen LogP contribution in [0.1, 0.15) is 10.4 Å². The molecule has 0 aromatic heterocycles. The maximum Gasteiger partial charge on any atom is 0.314 e. The van der Waals surface area contributed by atoms with E-state index < -0.39 is 23.5 Å². The minimum absolute atomic E-state index is 0.0910. The van der Waals surface area contributed by atoms with Crippen molar-refractivity contribution in [3.63, 3.8) is 0 Å². The molecule has 0 fully saturated rings. The van der Waals surface area contributed by atoms with Gasteiger partial charge in [0.15, 0.2) is 0 Å². The van der Waals surface area contributed by atoms with E-state index in [2.05, 4.69) is 10.6 Å². The number of amides is 3. The number of primary amides is 1. The van der Waals surface area contributed by atoms with E-state index in [1.165, 1.54) is 42.5 Å². The fraction of sp³-hybridized carbons (Fsp3) is 0. The van der Waals surface area contributed by atoms with Gasteiger partial charge >= 0.3 is 11.8 Å². The van der Waals surface area contributed by atoms with Crippen molar-refractivity contribution in [2.75, 3.05) is 10.6 Å². The predicted molar refractivity (Wildman–Crippen MR) is 78.6 cm³/mol. The van der Waals surface area contributed by atoms with Crippen LogP contribution in [-0.4, -0.2) is 17.7 Å². The predicted octanol–water partition coefficient (Wildman–Crippen LogP) is 1.50. The number of para-hydroxylation sites is 1. The molecule has 0 aliphatic heterocycles. The normalized spacial score (nSPS) is 9.86. The summed E-state index contributed by atoms with van der Waals surface area (Å²) in [6.07, 6.45) is 0. The highest BCUT2D eigenvalue weighted by atomic mass is 19.1. The van der Waals surface area contributed by atoms with Crippen molar-refractivity contribution in [1.82, 2.24) is 0 Å². The molecule has 0 aliphatic carbocycles. The number of hydrogen-bond donors (Lipinski definition) is 3. The third-order valence-electron chi connectivity index (χ3n) is 2.76. The first-order valence-electron chi connectivity index (χ1n) is 6.24. The quantitative estimate of drug-likeness (QED) is 0.749. The first kappa shape index (κ1) is 15.2. The minimum atomic E-state index is -1.01. The van der Waals surface area contributed by atoms with Crippen LogP contribution in [0.2, 0.25) is 0 Å². The van der Waals surface area contributed by atoms with Crippen LogP contribution < -0.4 is 16.4 Å². The lowest BCUT2D eigenvalue weighted by Gasteiger charge is -2.07. The molecule has 22 heavy (non-hydrogen) atoms. The monoisotopic (exact) mass is 301 g/mol. The summed E-state index contributed by atoms with van der Waals surface area (Å²) in [5.41, 5.74) is 5.57. The van der Waals surface area contributed by atoms with Crippen LogP contribution in [0.5, 0.6) is 0 Å². The maximum atomic E-state index is 13.4. The topological polar surface area (TPSA) is 101 Å². The summed E-state index contributed by atoms with van der Waals surface area (Å²) in [6.45, 7) is 0. The molecular weight excluding hydrogens is 289 g/mol. The molecule has 6 nitrogen and oxygen atoms in total. The molecule has 0 atom stereocenters. The Kier molecular flexibility index (Phi) is 4.47. The van der Waals surface area contributed by atoms with Crippen molar-refractivity contribution in [1.29, 1.82) is 0 Å². The lowest BCUT2D eigenvalue weighted by Crippen LogP contribution is -2.29. The van der Waals surface area contributed by atoms with Crippen LogP contribution in [0, 0.1) is 5.82 Å². The fourth-order valence-corrected chi connectivity index (χ4v) is 1.65. The Balaban J connectivity index is 2.01. The molecule has 112 valence electrons. The van der Waals surface area contributed by atoms with Gasteiger partial charge in [0.2, 0.25) is 5.91 Å². The SMILES string of the molecule is NC(=O)c1ccc(NC(=O)C(=O)Nc2ccccc2F)cc1. The standard InChI is InChI=1S/C15H12FN3O3/c16-11-3-1-2-4-12(11)19-15(22)14(21)18-10-7-5-9(6-8-10)13(17)20/h1-8H,(H2,17,20)(H,18,21)(H,19,22). The van der Waals surface area contributed by atoms with Crippen molar-refractivity contribution in [2.24, 2.45) is 5.73 Å². The van der Waals surface area contributed by atoms with E-state index in [4.69, 9.17) is 5.73 Å². The molecule has 0 unspecified atom stereocenters. The van der Waals surface area contributed by atoms with Crippen molar-refractivity contribution in [3.05, 3.63) is 59.9 Å². The average molecular weight is 301 g/mol. The summed E-state index contributed by atoms with van der Waals surface area (Å²) in [7, 11) is 0. The molecule has 0 aliphatic rings. The van der Waals surface area contributed by atoms with Gasteiger partial charge in [-0.15, -0.1) is 0 Å². The smallest absolute Gasteiger partial charge is 0.314 e.